The van der Waals surface area contributed by atoms with Gasteiger partial charge < -0.3 is 7.96 Å². The van der Waals surface area contributed by atoms with Gasteiger partial charge in [0.25, 0.3) is 0 Å². The van der Waals surface area contributed by atoms with Crippen molar-refractivity contribution < 1.29 is 12.8 Å². The Kier molecular flexibility index (Phi) is 26.4. The van der Waals surface area contributed by atoms with E-state index in [1.807, 2.05) is 36.4 Å². The summed E-state index contributed by atoms with van der Waals surface area (Å²) >= 11 is 0. The molecule has 3 heteroatoms. The van der Waals surface area contributed by atoms with Crippen molar-refractivity contribution in [1.29, 1.82) is 0 Å². The molecule has 1 N–H and O–H groups in total. The molecule has 0 aromatic heterocycles. The van der Waals surface area contributed by atoms with E-state index in [2.05, 4.69) is 13.5 Å². The SMILES string of the molecule is C=Cc1ccccc1.CCCCCCCCCCCCCCCCCC(=O)O.[H-].[H-].[Mg+2]. The smallest absolute Gasteiger partial charge is 1.00 e. The number of hydrogen-bond acceptors (Lipinski definition) is 1. The summed E-state index contributed by atoms with van der Waals surface area (Å²) in [4.78, 5) is 10.3. The predicted molar refractivity (Wildman–Crippen MR) is 132 cm³/mol. The third kappa shape index (κ3) is 25.2. The molecule has 0 atom stereocenters. The summed E-state index contributed by atoms with van der Waals surface area (Å²) in [5.74, 6) is -0.653. The van der Waals surface area contributed by atoms with Crippen LogP contribution in [0.1, 0.15) is 118 Å². The molecule has 0 saturated carbocycles. The van der Waals surface area contributed by atoms with Crippen LogP contribution in [0, 0.1) is 0 Å². The summed E-state index contributed by atoms with van der Waals surface area (Å²) in [7, 11) is 0. The van der Waals surface area contributed by atoms with Crippen LogP contribution < -0.4 is 0 Å². The first kappa shape index (κ1) is 30.4. The van der Waals surface area contributed by atoms with E-state index in [-0.39, 0.29) is 25.9 Å². The predicted octanol–water partition coefficient (Wildman–Crippen LogP) is 8.51. The van der Waals surface area contributed by atoms with Gasteiger partial charge in [-0.05, 0) is 12.0 Å². The maximum atomic E-state index is 10.3. The minimum Gasteiger partial charge on any atom is -1.00 e. The molecule has 29 heavy (non-hydrogen) atoms. The van der Waals surface area contributed by atoms with Gasteiger partial charge in [0.1, 0.15) is 0 Å². The number of benzene rings is 1. The fourth-order valence-electron chi connectivity index (χ4n) is 3.24. The van der Waals surface area contributed by atoms with Crippen LogP contribution in [-0.4, -0.2) is 34.1 Å². The molecule has 0 amide bonds. The van der Waals surface area contributed by atoms with E-state index in [1.54, 1.807) is 0 Å². The Bertz CT molecular complexity index is 470. The van der Waals surface area contributed by atoms with E-state index in [4.69, 9.17) is 5.11 Å². The molecule has 0 heterocycles. The van der Waals surface area contributed by atoms with E-state index in [0.717, 1.165) is 12.8 Å². The van der Waals surface area contributed by atoms with Gasteiger partial charge in [-0.25, -0.2) is 0 Å². The first-order chi connectivity index (χ1) is 13.7. The summed E-state index contributed by atoms with van der Waals surface area (Å²) in [5.41, 5.74) is 1.17. The fraction of sp³-hybridized carbons (Fsp3) is 0.654. The molecule has 0 spiro atoms. The number of carboxylic acid groups (broad SMARTS) is 1. The second kappa shape index (κ2) is 25.2. The molecule has 0 aliphatic heterocycles. The van der Waals surface area contributed by atoms with Crippen LogP contribution in [0.3, 0.4) is 0 Å². The molecule has 0 fully saturated rings. The minimum absolute atomic E-state index is 0. The summed E-state index contributed by atoms with van der Waals surface area (Å²) < 4.78 is 0. The molecule has 0 aliphatic carbocycles. The van der Waals surface area contributed by atoms with Crippen molar-refractivity contribution in [2.24, 2.45) is 0 Å². The largest absolute Gasteiger partial charge is 2.00 e. The molecular formula is C26H46MgO2. The molecule has 2 nitrogen and oxygen atoms in total. The first-order valence-corrected chi connectivity index (χ1v) is 11.6. The fourth-order valence-corrected chi connectivity index (χ4v) is 3.24. The molecule has 1 rings (SSSR count). The van der Waals surface area contributed by atoms with Gasteiger partial charge in [-0.1, -0.05) is 140 Å². The molecule has 0 aliphatic rings. The zero-order valence-electron chi connectivity index (χ0n) is 21.0. The molecule has 0 unspecified atom stereocenters. The maximum Gasteiger partial charge on any atom is 2.00 e. The second-order valence-corrected chi connectivity index (χ2v) is 7.71. The van der Waals surface area contributed by atoms with Gasteiger partial charge in [-0.2, -0.15) is 0 Å². The van der Waals surface area contributed by atoms with Gasteiger partial charge in [-0.3, -0.25) is 4.79 Å². The zero-order chi connectivity index (χ0) is 20.7. The topological polar surface area (TPSA) is 37.3 Å². The Morgan fingerprint density at radius 1 is 0.793 bits per heavy atom. The number of carbonyl (C=O) groups is 1. The average Bonchev–Trinajstić information content (AvgIpc) is 2.72. The van der Waals surface area contributed by atoms with Gasteiger partial charge in [0.05, 0.1) is 0 Å². The molecule has 0 saturated heterocycles. The number of rotatable bonds is 17. The van der Waals surface area contributed by atoms with Crippen LogP contribution in [0.4, 0.5) is 0 Å². The van der Waals surface area contributed by atoms with Gasteiger partial charge in [0, 0.05) is 6.42 Å². The molecule has 1 aromatic rings. The third-order valence-electron chi connectivity index (χ3n) is 5.03. The number of hydrogen-bond donors (Lipinski definition) is 1. The quantitative estimate of drug-likeness (QED) is 0.205. The van der Waals surface area contributed by atoms with Crippen LogP contribution in [0.2, 0.25) is 0 Å². The summed E-state index contributed by atoms with van der Waals surface area (Å²) in [6.45, 7) is 5.90. The van der Waals surface area contributed by atoms with Crippen molar-refractivity contribution in [3.05, 3.63) is 42.5 Å². The monoisotopic (exact) mass is 414 g/mol. The minimum atomic E-state index is -0.653. The Hall–Kier alpha value is -0.804. The Labute approximate surface area is 199 Å². The van der Waals surface area contributed by atoms with Crippen molar-refractivity contribution in [3.8, 4) is 0 Å². The Morgan fingerprint density at radius 3 is 1.48 bits per heavy atom. The van der Waals surface area contributed by atoms with Crippen molar-refractivity contribution in [3.63, 3.8) is 0 Å². The normalized spacial score (nSPS) is 9.83. The van der Waals surface area contributed by atoms with Crippen LogP contribution in [0.5, 0.6) is 0 Å². The standard InChI is InChI=1S/C18H36O2.C8H8.Mg.2H/c1-2-3-4-5-6-7-8-9-10-11-12-13-14-15-16-17-18(19)20;1-2-8-6-4-3-5-7-8;;;/h2-17H2,1H3,(H,19,20);2-7H,1H2;;;/q;;+2;2*-1. The Balaban J connectivity index is -0.000000280. The van der Waals surface area contributed by atoms with Gasteiger partial charge in [0.2, 0.25) is 0 Å². The molecular weight excluding hydrogens is 369 g/mol. The van der Waals surface area contributed by atoms with Gasteiger partial charge in [0.15, 0.2) is 0 Å². The summed E-state index contributed by atoms with van der Waals surface area (Å²) in [5, 5.41) is 8.52. The van der Waals surface area contributed by atoms with Crippen molar-refractivity contribution in [2.45, 2.75) is 110 Å². The number of carboxylic acids is 1. The molecule has 0 radical (unpaired) electrons. The molecule has 0 bridgehead atoms. The summed E-state index contributed by atoms with van der Waals surface area (Å²) in [6.07, 6.45) is 22.0. The number of aliphatic carboxylic acids is 1. The van der Waals surface area contributed by atoms with E-state index < -0.39 is 5.97 Å². The van der Waals surface area contributed by atoms with E-state index in [9.17, 15) is 4.79 Å². The van der Waals surface area contributed by atoms with E-state index in [0.29, 0.717) is 6.42 Å². The first-order valence-electron chi connectivity index (χ1n) is 11.6. The number of unbranched alkanes of at least 4 members (excludes halogenated alkanes) is 14. The maximum absolute atomic E-state index is 10.3. The van der Waals surface area contributed by atoms with Crippen LogP contribution >= 0.6 is 0 Å². The van der Waals surface area contributed by atoms with Crippen LogP contribution in [-0.2, 0) is 4.79 Å². The molecule has 164 valence electrons. The third-order valence-corrected chi connectivity index (χ3v) is 5.03. The Morgan fingerprint density at radius 2 is 1.17 bits per heavy atom. The summed E-state index contributed by atoms with van der Waals surface area (Å²) in [6, 6.07) is 10.0. The van der Waals surface area contributed by atoms with Crippen molar-refractivity contribution >= 4 is 35.1 Å². The van der Waals surface area contributed by atoms with Crippen molar-refractivity contribution in [1.82, 2.24) is 0 Å². The van der Waals surface area contributed by atoms with Crippen LogP contribution in [0.15, 0.2) is 36.9 Å². The van der Waals surface area contributed by atoms with E-state index >= 15 is 0 Å². The second-order valence-electron chi connectivity index (χ2n) is 7.71. The molecule has 1 aromatic carbocycles. The average molecular weight is 415 g/mol. The van der Waals surface area contributed by atoms with Gasteiger partial charge >= 0.3 is 29.0 Å². The van der Waals surface area contributed by atoms with Crippen LogP contribution in [0.25, 0.3) is 6.08 Å². The van der Waals surface area contributed by atoms with Gasteiger partial charge in [-0.15, -0.1) is 0 Å². The zero-order valence-corrected chi connectivity index (χ0v) is 20.5. The van der Waals surface area contributed by atoms with E-state index in [1.165, 1.54) is 89.0 Å². The van der Waals surface area contributed by atoms with Crippen molar-refractivity contribution in [2.75, 3.05) is 0 Å².